The number of hydrogen-bond donors (Lipinski definition) is 2. The first kappa shape index (κ1) is 16.3. The lowest BCUT2D eigenvalue weighted by Gasteiger charge is -2.43. The maximum atomic E-state index is 12.5. The van der Waals surface area contributed by atoms with Gasteiger partial charge in [-0.3, -0.25) is 4.79 Å². The van der Waals surface area contributed by atoms with Gasteiger partial charge in [-0.05, 0) is 69.1 Å². The Labute approximate surface area is 134 Å². The highest BCUT2D eigenvalue weighted by molar-refractivity contribution is 5.78. The number of methoxy groups -OCH3 is 1. The Morgan fingerprint density at radius 3 is 2.32 bits per heavy atom. The van der Waals surface area contributed by atoms with Crippen LogP contribution in [0.1, 0.15) is 57.8 Å². The zero-order chi connectivity index (χ0) is 15.5. The van der Waals surface area contributed by atoms with Gasteiger partial charge in [0.25, 0.3) is 0 Å². The summed E-state index contributed by atoms with van der Waals surface area (Å²) in [7, 11) is 1.80. The zero-order valence-corrected chi connectivity index (χ0v) is 13.9. The molecule has 0 aromatic heterocycles. The Balaban J connectivity index is 1.43. The number of carbonyl (C=O) groups excluding carboxylic acids is 1. The van der Waals surface area contributed by atoms with Gasteiger partial charge < -0.3 is 15.8 Å². The summed E-state index contributed by atoms with van der Waals surface area (Å²) < 4.78 is 5.41. The lowest BCUT2D eigenvalue weighted by molar-refractivity contribution is -0.128. The normalized spacial score (nSPS) is 41.9. The average Bonchev–Trinajstić information content (AvgIpc) is 2.53. The third kappa shape index (κ3) is 3.65. The van der Waals surface area contributed by atoms with Crippen molar-refractivity contribution < 1.29 is 9.53 Å². The Bertz CT molecular complexity index is 365. The molecule has 3 aliphatic rings. The van der Waals surface area contributed by atoms with Crippen molar-refractivity contribution in [2.24, 2.45) is 29.4 Å². The fraction of sp³-hybridized carbons (Fsp3) is 0.944. The van der Waals surface area contributed by atoms with Gasteiger partial charge >= 0.3 is 0 Å². The van der Waals surface area contributed by atoms with E-state index in [1.807, 2.05) is 0 Å². The van der Waals surface area contributed by atoms with Crippen molar-refractivity contribution in [2.45, 2.75) is 69.9 Å². The van der Waals surface area contributed by atoms with Gasteiger partial charge in [-0.2, -0.15) is 0 Å². The molecule has 22 heavy (non-hydrogen) atoms. The summed E-state index contributed by atoms with van der Waals surface area (Å²) in [6.45, 7) is 0.854. The molecule has 0 aromatic carbocycles. The van der Waals surface area contributed by atoms with Crippen molar-refractivity contribution in [3.05, 3.63) is 0 Å². The van der Waals surface area contributed by atoms with Gasteiger partial charge in [0.15, 0.2) is 0 Å². The number of nitrogens with two attached hydrogens (primary N) is 1. The van der Waals surface area contributed by atoms with Crippen LogP contribution in [0.15, 0.2) is 0 Å². The van der Waals surface area contributed by atoms with E-state index in [2.05, 4.69) is 5.32 Å². The number of ether oxygens (including phenoxy) is 1. The molecule has 2 atom stereocenters. The van der Waals surface area contributed by atoms with Crippen LogP contribution in [-0.4, -0.2) is 31.7 Å². The van der Waals surface area contributed by atoms with Crippen molar-refractivity contribution in [3.8, 4) is 0 Å². The molecule has 2 unspecified atom stereocenters. The van der Waals surface area contributed by atoms with E-state index in [0.29, 0.717) is 29.9 Å². The molecule has 126 valence electrons. The second-order valence-electron chi connectivity index (χ2n) is 7.82. The molecule has 3 N–H and O–H groups in total. The quantitative estimate of drug-likeness (QED) is 0.838. The van der Waals surface area contributed by atoms with Gasteiger partial charge in [-0.25, -0.2) is 0 Å². The lowest BCUT2D eigenvalue weighted by atomic mass is 9.65. The molecule has 0 heterocycles. The molecule has 4 heteroatoms. The van der Waals surface area contributed by atoms with E-state index < -0.39 is 0 Å². The summed E-state index contributed by atoms with van der Waals surface area (Å²) in [5.74, 6) is 2.31. The number of fused-ring (bicyclic) bond motifs is 2. The molecule has 3 saturated carbocycles. The molecule has 0 saturated heterocycles. The minimum Gasteiger partial charge on any atom is -0.381 e. The first-order chi connectivity index (χ1) is 10.7. The molecule has 4 nitrogen and oxygen atoms in total. The molecule has 3 rings (SSSR count). The van der Waals surface area contributed by atoms with Crippen LogP contribution in [0, 0.1) is 23.7 Å². The van der Waals surface area contributed by atoms with Crippen LogP contribution in [-0.2, 0) is 9.53 Å². The largest absolute Gasteiger partial charge is 0.381 e. The van der Waals surface area contributed by atoms with Crippen LogP contribution in [0.25, 0.3) is 0 Å². The fourth-order valence-electron chi connectivity index (χ4n) is 4.96. The van der Waals surface area contributed by atoms with Gasteiger partial charge in [0.2, 0.25) is 5.91 Å². The van der Waals surface area contributed by atoms with Gasteiger partial charge in [-0.1, -0.05) is 6.42 Å². The van der Waals surface area contributed by atoms with Gasteiger partial charge in [0.1, 0.15) is 0 Å². The number of hydrogen-bond acceptors (Lipinski definition) is 3. The average molecular weight is 308 g/mol. The summed E-state index contributed by atoms with van der Waals surface area (Å²) in [5, 5.41) is 3.24. The highest BCUT2D eigenvalue weighted by Gasteiger charge is 2.40. The van der Waals surface area contributed by atoms with E-state index in [9.17, 15) is 4.79 Å². The molecule has 3 aliphatic carbocycles. The summed E-state index contributed by atoms with van der Waals surface area (Å²) in [4.78, 5) is 12.5. The van der Waals surface area contributed by atoms with Gasteiger partial charge in [0, 0.05) is 25.6 Å². The third-order valence-corrected chi connectivity index (χ3v) is 6.48. The maximum absolute atomic E-state index is 12.5. The standard InChI is InChI=1S/C18H32N2O2/c1-22-16-7-5-12(6-8-16)11-20-18(21)15-9-13-3-2-4-14(10-15)17(13)19/h12-17H,2-11,19H2,1H3,(H,20,21). The topological polar surface area (TPSA) is 64.3 Å². The highest BCUT2D eigenvalue weighted by atomic mass is 16.5. The van der Waals surface area contributed by atoms with E-state index in [4.69, 9.17) is 10.5 Å². The Kier molecular flexibility index (Phi) is 5.40. The number of carbonyl (C=O) groups is 1. The molecule has 0 aromatic rings. The number of rotatable bonds is 4. The van der Waals surface area contributed by atoms with Crippen molar-refractivity contribution in [3.63, 3.8) is 0 Å². The Hall–Kier alpha value is -0.610. The second kappa shape index (κ2) is 7.31. The predicted octanol–water partition coefficient (Wildman–Crippen LogP) is 2.46. The summed E-state index contributed by atoms with van der Waals surface area (Å²) >= 11 is 0. The van der Waals surface area contributed by atoms with Crippen LogP contribution >= 0.6 is 0 Å². The van der Waals surface area contributed by atoms with Crippen molar-refractivity contribution in [2.75, 3.05) is 13.7 Å². The van der Waals surface area contributed by atoms with Crippen LogP contribution in [0.2, 0.25) is 0 Å². The second-order valence-corrected chi connectivity index (χ2v) is 7.82. The van der Waals surface area contributed by atoms with E-state index >= 15 is 0 Å². The van der Waals surface area contributed by atoms with Crippen molar-refractivity contribution >= 4 is 5.91 Å². The van der Waals surface area contributed by atoms with Crippen LogP contribution in [0.3, 0.4) is 0 Å². The minimum absolute atomic E-state index is 0.213. The Morgan fingerprint density at radius 1 is 1.09 bits per heavy atom. The van der Waals surface area contributed by atoms with Crippen LogP contribution < -0.4 is 11.1 Å². The molecule has 0 spiro atoms. The first-order valence-corrected chi connectivity index (χ1v) is 9.23. The SMILES string of the molecule is COC1CCC(CNC(=O)C2CC3CCCC(C2)C3N)CC1. The monoisotopic (exact) mass is 308 g/mol. The molecular weight excluding hydrogens is 276 g/mol. The summed E-state index contributed by atoms with van der Waals surface area (Å²) in [6, 6.07) is 0.349. The molecular formula is C18H32N2O2. The number of nitrogens with one attached hydrogen (secondary N) is 1. The zero-order valence-electron chi connectivity index (χ0n) is 13.9. The van der Waals surface area contributed by atoms with E-state index in [0.717, 1.165) is 32.2 Å². The van der Waals surface area contributed by atoms with E-state index in [1.165, 1.54) is 32.1 Å². The smallest absolute Gasteiger partial charge is 0.223 e. The van der Waals surface area contributed by atoms with E-state index in [-0.39, 0.29) is 11.8 Å². The third-order valence-electron chi connectivity index (χ3n) is 6.48. The van der Waals surface area contributed by atoms with Crippen molar-refractivity contribution in [1.82, 2.24) is 5.32 Å². The lowest BCUT2D eigenvalue weighted by Crippen LogP contribution is -2.49. The fourth-order valence-corrected chi connectivity index (χ4v) is 4.96. The summed E-state index contributed by atoms with van der Waals surface area (Å²) in [5.41, 5.74) is 6.32. The van der Waals surface area contributed by atoms with Crippen molar-refractivity contribution in [1.29, 1.82) is 0 Å². The molecule has 0 radical (unpaired) electrons. The first-order valence-electron chi connectivity index (χ1n) is 9.23. The number of amides is 1. The van der Waals surface area contributed by atoms with Crippen LogP contribution in [0.4, 0.5) is 0 Å². The van der Waals surface area contributed by atoms with E-state index in [1.54, 1.807) is 7.11 Å². The van der Waals surface area contributed by atoms with Crippen LogP contribution in [0.5, 0.6) is 0 Å². The maximum Gasteiger partial charge on any atom is 0.223 e. The van der Waals surface area contributed by atoms with Gasteiger partial charge in [-0.15, -0.1) is 0 Å². The molecule has 3 fully saturated rings. The summed E-state index contributed by atoms with van der Waals surface area (Å²) in [6.07, 6.45) is 10.9. The van der Waals surface area contributed by atoms with Gasteiger partial charge in [0.05, 0.1) is 6.10 Å². The predicted molar refractivity (Wildman–Crippen MR) is 87.3 cm³/mol. The Morgan fingerprint density at radius 2 is 1.73 bits per heavy atom. The highest BCUT2D eigenvalue weighted by Crippen LogP contribution is 2.41. The molecule has 1 amide bonds. The minimum atomic E-state index is 0.213. The molecule has 0 aliphatic heterocycles. The molecule has 2 bridgehead atoms.